The van der Waals surface area contributed by atoms with Crippen molar-refractivity contribution in [3.05, 3.63) is 29.1 Å². The van der Waals surface area contributed by atoms with Gasteiger partial charge in [0.15, 0.2) is 11.6 Å². The van der Waals surface area contributed by atoms with Gasteiger partial charge in [0.05, 0.1) is 12.7 Å². The molecule has 0 saturated carbocycles. The highest BCUT2D eigenvalue weighted by Crippen LogP contribution is 2.23. The van der Waals surface area contributed by atoms with Crippen LogP contribution in [0.25, 0.3) is 0 Å². The monoisotopic (exact) mass is 262 g/mol. The van der Waals surface area contributed by atoms with E-state index in [1.54, 1.807) is 0 Å². The van der Waals surface area contributed by atoms with Gasteiger partial charge in [0.1, 0.15) is 0 Å². The van der Waals surface area contributed by atoms with Gasteiger partial charge in [0.25, 0.3) is 0 Å². The minimum Gasteiger partial charge on any atom is -0.494 e. The van der Waals surface area contributed by atoms with Crippen molar-refractivity contribution in [1.82, 2.24) is 0 Å². The molecule has 0 aromatic heterocycles. The molecule has 0 atom stereocenters. The molecule has 0 amide bonds. The predicted octanol–water partition coefficient (Wildman–Crippen LogP) is 2.43. The lowest BCUT2D eigenvalue weighted by Crippen LogP contribution is -2.03. The van der Waals surface area contributed by atoms with Gasteiger partial charge >= 0.3 is 5.97 Å². The molecular weight excluding hydrogens is 255 g/mol. The van der Waals surface area contributed by atoms with Crippen LogP contribution in [0.2, 0.25) is 0 Å². The van der Waals surface area contributed by atoms with Crippen LogP contribution < -0.4 is 4.74 Å². The van der Waals surface area contributed by atoms with Gasteiger partial charge in [-0.15, -0.1) is 0 Å². The van der Waals surface area contributed by atoms with Gasteiger partial charge in [-0.3, -0.25) is 0 Å². The number of halogens is 2. The molecule has 0 radical (unpaired) electrons. The SMILES string of the molecule is COc1cc(C(=O)O)c(CBr)cc1F. The third-order valence-corrected chi connectivity index (χ3v) is 2.36. The molecule has 0 heterocycles. The Bertz CT molecular complexity index is 365. The van der Waals surface area contributed by atoms with Gasteiger partial charge < -0.3 is 9.84 Å². The summed E-state index contributed by atoms with van der Waals surface area (Å²) in [6.45, 7) is 0. The highest BCUT2D eigenvalue weighted by molar-refractivity contribution is 9.08. The molecule has 0 fully saturated rings. The summed E-state index contributed by atoms with van der Waals surface area (Å²) in [4.78, 5) is 10.8. The Morgan fingerprint density at radius 3 is 2.71 bits per heavy atom. The van der Waals surface area contributed by atoms with Crippen LogP contribution in [0.4, 0.5) is 4.39 Å². The van der Waals surface area contributed by atoms with E-state index in [0.717, 1.165) is 6.07 Å². The molecule has 0 aliphatic carbocycles. The van der Waals surface area contributed by atoms with Gasteiger partial charge in [-0.2, -0.15) is 0 Å². The van der Waals surface area contributed by atoms with E-state index in [2.05, 4.69) is 20.7 Å². The molecule has 1 rings (SSSR count). The van der Waals surface area contributed by atoms with Crippen molar-refractivity contribution in [2.75, 3.05) is 7.11 Å². The van der Waals surface area contributed by atoms with E-state index in [-0.39, 0.29) is 16.6 Å². The Balaban J connectivity index is 3.32. The highest BCUT2D eigenvalue weighted by atomic mass is 79.9. The zero-order valence-electron chi connectivity index (χ0n) is 7.38. The van der Waals surface area contributed by atoms with Gasteiger partial charge in [-0.1, -0.05) is 15.9 Å². The van der Waals surface area contributed by atoms with Crippen LogP contribution in [-0.2, 0) is 5.33 Å². The maximum absolute atomic E-state index is 13.1. The first-order valence-corrected chi connectivity index (χ1v) is 4.88. The number of ether oxygens (including phenoxy) is 1. The Morgan fingerprint density at radius 2 is 2.29 bits per heavy atom. The highest BCUT2D eigenvalue weighted by Gasteiger charge is 2.14. The number of methoxy groups -OCH3 is 1. The van der Waals surface area contributed by atoms with E-state index in [0.29, 0.717) is 5.56 Å². The lowest BCUT2D eigenvalue weighted by atomic mass is 10.1. The van der Waals surface area contributed by atoms with Crippen molar-refractivity contribution >= 4 is 21.9 Å². The van der Waals surface area contributed by atoms with E-state index in [1.165, 1.54) is 13.2 Å². The van der Waals surface area contributed by atoms with E-state index in [1.807, 2.05) is 0 Å². The molecule has 3 nitrogen and oxygen atoms in total. The molecule has 14 heavy (non-hydrogen) atoms. The number of benzene rings is 1. The number of carbonyl (C=O) groups is 1. The van der Waals surface area contributed by atoms with E-state index in [4.69, 9.17) is 5.11 Å². The molecule has 76 valence electrons. The number of aromatic carboxylic acids is 1. The topological polar surface area (TPSA) is 46.5 Å². The van der Waals surface area contributed by atoms with Crippen LogP contribution in [0.3, 0.4) is 0 Å². The molecule has 1 aromatic rings. The molecule has 0 aliphatic heterocycles. The van der Waals surface area contributed by atoms with E-state index < -0.39 is 11.8 Å². The summed E-state index contributed by atoms with van der Waals surface area (Å²) < 4.78 is 17.8. The lowest BCUT2D eigenvalue weighted by Gasteiger charge is -2.07. The average molecular weight is 263 g/mol. The first kappa shape index (κ1) is 11.0. The first-order chi connectivity index (χ1) is 6.60. The number of rotatable bonds is 3. The number of hydrogen-bond acceptors (Lipinski definition) is 2. The minimum absolute atomic E-state index is 0.0418. The summed E-state index contributed by atoms with van der Waals surface area (Å²) in [6, 6.07) is 2.32. The van der Waals surface area contributed by atoms with Gasteiger partial charge in [0.2, 0.25) is 0 Å². The smallest absolute Gasteiger partial charge is 0.336 e. The predicted molar refractivity (Wildman–Crippen MR) is 52.5 cm³/mol. The fourth-order valence-corrected chi connectivity index (χ4v) is 1.52. The minimum atomic E-state index is -1.10. The third-order valence-electron chi connectivity index (χ3n) is 1.75. The number of hydrogen-bond donors (Lipinski definition) is 1. The maximum Gasteiger partial charge on any atom is 0.336 e. The van der Waals surface area contributed by atoms with Crippen LogP contribution in [0.1, 0.15) is 15.9 Å². The number of carboxylic acids is 1. The number of alkyl halides is 1. The molecule has 0 saturated heterocycles. The van der Waals surface area contributed by atoms with E-state index >= 15 is 0 Å². The first-order valence-electron chi connectivity index (χ1n) is 3.75. The molecule has 0 unspecified atom stereocenters. The molecular formula is C9H8BrFO3. The van der Waals surface area contributed by atoms with Crippen molar-refractivity contribution in [2.45, 2.75) is 5.33 Å². The normalized spacial score (nSPS) is 9.93. The summed E-state index contributed by atoms with van der Waals surface area (Å²) >= 11 is 3.09. The Kier molecular flexibility index (Phi) is 3.46. The van der Waals surface area contributed by atoms with Crippen molar-refractivity contribution in [1.29, 1.82) is 0 Å². The van der Waals surface area contributed by atoms with Crippen molar-refractivity contribution in [3.63, 3.8) is 0 Å². The van der Waals surface area contributed by atoms with Gasteiger partial charge in [-0.25, -0.2) is 9.18 Å². The molecule has 1 aromatic carbocycles. The summed E-state index contributed by atoms with van der Waals surface area (Å²) in [5.41, 5.74) is 0.427. The molecule has 0 bridgehead atoms. The quantitative estimate of drug-likeness (QED) is 0.852. The second-order valence-electron chi connectivity index (χ2n) is 2.58. The standard InChI is InChI=1S/C9H8BrFO3/c1-14-8-3-6(9(12)13)5(4-10)2-7(8)11/h2-3H,4H2,1H3,(H,12,13). The van der Waals surface area contributed by atoms with Gasteiger partial charge in [-0.05, 0) is 17.7 Å². The lowest BCUT2D eigenvalue weighted by molar-refractivity contribution is 0.0695. The van der Waals surface area contributed by atoms with Crippen LogP contribution in [0.5, 0.6) is 5.75 Å². The fraction of sp³-hybridized carbons (Fsp3) is 0.222. The van der Waals surface area contributed by atoms with Crippen molar-refractivity contribution < 1.29 is 19.0 Å². The Labute approximate surface area is 88.6 Å². The summed E-state index contributed by atoms with van der Waals surface area (Å²) in [5.74, 6) is -1.73. The van der Waals surface area contributed by atoms with E-state index in [9.17, 15) is 9.18 Å². The zero-order chi connectivity index (χ0) is 10.7. The van der Waals surface area contributed by atoms with Crippen molar-refractivity contribution in [3.8, 4) is 5.75 Å². The second kappa shape index (κ2) is 4.41. The fourth-order valence-electron chi connectivity index (χ4n) is 1.06. The summed E-state index contributed by atoms with van der Waals surface area (Å²) in [7, 11) is 1.29. The molecule has 5 heteroatoms. The molecule has 0 spiro atoms. The summed E-state index contributed by atoms with van der Waals surface area (Å²) in [5, 5.41) is 9.10. The van der Waals surface area contributed by atoms with Crippen molar-refractivity contribution in [2.24, 2.45) is 0 Å². The van der Waals surface area contributed by atoms with Crippen LogP contribution in [-0.4, -0.2) is 18.2 Å². The van der Waals surface area contributed by atoms with Crippen LogP contribution in [0, 0.1) is 5.82 Å². The van der Waals surface area contributed by atoms with Crippen LogP contribution >= 0.6 is 15.9 Å². The molecule has 0 aliphatic rings. The Hall–Kier alpha value is -1.10. The second-order valence-corrected chi connectivity index (χ2v) is 3.14. The maximum atomic E-state index is 13.1. The molecule has 1 N–H and O–H groups in total. The third kappa shape index (κ3) is 2.04. The van der Waals surface area contributed by atoms with Gasteiger partial charge in [0, 0.05) is 5.33 Å². The Morgan fingerprint density at radius 1 is 1.64 bits per heavy atom. The number of carboxylic acid groups (broad SMARTS) is 1. The summed E-state index contributed by atoms with van der Waals surface area (Å²) in [6.07, 6.45) is 0. The van der Waals surface area contributed by atoms with Crippen LogP contribution in [0.15, 0.2) is 12.1 Å². The average Bonchev–Trinajstić information content (AvgIpc) is 2.16. The largest absolute Gasteiger partial charge is 0.494 e. The zero-order valence-corrected chi connectivity index (χ0v) is 8.97.